The highest BCUT2D eigenvalue weighted by atomic mass is 16.6. The zero-order valence-electron chi connectivity index (χ0n) is 21.0. The Morgan fingerprint density at radius 3 is 2.69 bits per heavy atom. The molecule has 0 N–H and O–H groups in total. The van der Waals surface area contributed by atoms with Gasteiger partial charge in [0.15, 0.2) is 11.5 Å². The third kappa shape index (κ3) is 5.34. The van der Waals surface area contributed by atoms with Gasteiger partial charge in [0.2, 0.25) is 5.91 Å². The fourth-order valence-electron chi connectivity index (χ4n) is 4.93. The Labute approximate surface area is 212 Å². The Bertz CT molecular complexity index is 1220. The van der Waals surface area contributed by atoms with Crippen LogP contribution in [0.5, 0.6) is 17.2 Å². The minimum absolute atomic E-state index is 0.00617. The van der Waals surface area contributed by atoms with E-state index in [1.807, 2.05) is 41.3 Å². The third-order valence-corrected chi connectivity index (χ3v) is 6.89. The van der Waals surface area contributed by atoms with E-state index in [0.717, 1.165) is 45.9 Å². The summed E-state index contributed by atoms with van der Waals surface area (Å²) in [7, 11) is 1.66. The van der Waals surface area contributed by atoms with Crippen molar-refractivity contribution in [3.05, 3.63) is 77.4 Å². The average molecular weight is 488 g/mol. The average Bonchev–Trinajstić information content (AvgIpc) is 3.31. The number of hydrogen-bond donors (Lipinski definition) is 0. The molecule has 1 atom stereocenters. The van der Waals surface area contributed by atoms with Gasteiger partial charge < -0.3 is 23.8 Å². The number of nitrogens with zero attached hydrogens (tertiary/aromatic N) is 1. The molecule has 0 saturated carbocycles. The second kappa shape index (κ2) is 11.0. The summed E-state index contributed by atoms with van der Waals surface area (Å²) >= 11 is 0. The molecule has 3 aromatic rings. The number of carbonyl (C=O) groups is 1. The van der Waals surface area contributed by atoms with Crippen molar-refractivity contribution in [2.75, 3.05) is 33.5 Å². The molecule has 0 aromatic heterocycles. The molecule has 1 amide bonds. The zero-order chi connectivity index (χ0) is 24.9. The van der Waals surface area contributed by atoms with E-state index in [1.165, 1.54) is 5.56 Å². The summed E-state index contributed by atoms with van der Waals surface area (Å²) in [5.41, 5.74) is 5.40. The molecule has 6 heteroatoms. The van der Waals surface area contributed by atoms with E-state index in [2.05, 4.69) is 31.2 Å². The quantitative estimate of drug-likeness (QED) is 0.459. The summed E-state index contributed by atoms with van der Waals surface area (Å²) in [6.07, 6.45) is 1.91. The normalized spacial score (nSPS) is 17.2. The topological polar surface area (TPSA) is 57.2 Å². The lowest BCUT2D eigenvalue weighted by Gasteiger charge is -2.21. The van der Waals surface area contributed by atoms with E-state index < -0.39 is 0 Å². The van der Waals surface area contributed by atoms with Crippen LogP contribution >= 0.6 is 0 Å². The number of fused-ring (bicyclic) bond motifs is 1. The van der Waals surface area contributed by atoms with Crippen molar-refractivity contribution in [2.45, 2.75) is 38.8 Å². The molecular weight excluding hydrogens is 454 g/mol. The number of aryl methyl sites for hydroxylation is 2. The highest BCUT2D eigenvalue weighted by Gasteiger charge is 2.26. The number of rotatable bonds is 7. The summed E-state index contributed by atoms with van der Waals surface area (Å²) < 4.78 is 23.6. The van der Waals surface area contributed by atoms with Crippen molar-refractivity contribution in [1.82, 2.24) is 4.90 Å². The molecule has 1 fully saturated rings. The van der Waals surface area contributed by atoms with Crippen LogP contribution in [0.2, 0.25) is 0 Å². The first kappa shape index (κ1) is 24.2. The van der Waals surface area contributed by atoms with E-state index >= 15 is 0 Å². The maximum Gasteiger partial charge on any atom is 0.223 e. The lowest BCUT2D eigenvalue weighted by atomic mass is 9.97. The van der Waals surface area contributed by atoms with E-state index in [-0.39, 0.29) is 12.0 Å². The Balaban J connectivity index is 1.41. The Morgan fingerprint density at radius 1 is 1.06 bits per heavy atom. The lowest BCUT2D eigenvalue weighted by Crippen LogP contribution is -2.32. The van der Waals surface area contributed by atoms with Gasteiger partial charge in [0.05, 0.1) is 26.9 Å². The van der Waals surface area contributed by atoms with Gasteiger partial charge in [-0.15, -0.1) is 0 Å². The molecule has 1 saturated heterocycles. The van der Waals surface area contributed by atoms with Crippen LogP contribution in [0.4, 0.5) is 0 Å². The van der Waals surface area contributed by atoms with Crippen LogP contribution < -0.4 is 14.2 Å². The zero-order valence-corrected chi connectivity index (χ0v) is 21.0. The standard InChI is InChI=1S/C30H33NO5/c1-21-7-3-5-9-26(21)23-17-24-19-31(29(32)12-11-22-8-4-6-10-27(22)33-2)14-16-35-30(24)28(18-23)36-25-13-15-34-20-25/h3-10,17-18,25H,11-16,19-20H2,1-2H3. The Hall–Kier alpha value is -3.51. The van der Waals surface area contributed by atoms with Crippen molar-refractivity contribution < 1.29 is 23.7 Å². The molecule has 6 nitrogen and oxygen atoms in total. The summed E-state index contributed by atoms with van der Waals surface area (Å²) in [4.78, 5) is 15.2. The Morgan fingerprint density at radius 2 is 1.89 bits per heavy atom. The number of amides is 1. The third-order valence-electron chi connectivity index (χ3n) is 6.89. The van der Waals surface area contributed by atoms with Crippen molar-refractivity contribution in [2.24, 2.45) is 0 Å². The van der Waals surface area contributed by atoms with E-state index in [1.54, 1.807) is 7.11 Å². The highest BCUT2D eigenvalue weighted by molar-refractivity contribution is 5.77. The summed E-state index contributed by atoms with van der Waals surface area (Å²) in [6.45, 7) is 4.84. The van der Waals surface area contributed by atoms with Gasteiger partial charge >= 0.3 is 0 Å². The van der Waals surface area contributed by atoms with Gasteiger partial charge in [-0.2, -0.15) is 0 Å². The predicted octanol–water partition coefficient (Wildman–Crippen LogP) is 5.19. The number of carbonyl (C=O) groups excluding carboxylic acids is 1. The molecule has 2 aliphatic heterocycles. The molecule has 3 aromatic carbocycles. The molecule has 1 unspecified atom stereocenters. The van der Waals surface area contributed by atoms with Crippen LogP contribution in [-0.2, 0) is 22.5 Å². The van der Waals surface area contributed by atoms with E-state index in [4.69, 9.17) is 18.9 Å². The molecule has 5 rings (SSSR count). The van der Waals surface area contributed by atoms with Gasteiger partial charge in [0.1, 0.15) is 18.5 Å². The minimum Gasteiger partial charge on any atom is -0.496 e. The number of methoxy groups -OCH3 is 1. The second-order valence-corrected chi connectivity index (χ2v) is 9.36. The van der Waals surface area contributed by atoms with Crippen LogP contribution in [0.15, 0.2) is 60.7 Å². The first-order chi connectivity index (χ1) is 17.6. The minimum atomic E-state index is 0.00617. The molecular formula is C30H33NO5. The molecule has 0 spiro atoms. The van der Waals surface area contributed by atoms with Gasteiger partial charge in [-0.05, 0) is 53.8 Å². The van der Waals surface area contributed by atoms with Gasteiger partial charge in [-0.1, -0.05) is 42.5 Å². The van der Waals surface area contributed by atoms with Crippen LogP contribution in [0.25, 0.3) is 11.1 Å². The van der Waals surface area contributed by atoms with E-state index in [0.29, 0.717) is 45.8 Å². The number of hydrogen-bond acceptors (Lipinski definition) is 5. The number of para-hydroxylation sites is 1. The smallest absolute Gasteiger partial charge is 0.223 e. The molecule has 0 aliphatic carbocycles. The molecule has 188 valence electrons. The molecule has 36 heavy (non-hydrogen) atoms. The van der Waals surface area contributed by atoms with Crippen LogP contribution in [0, 0.1) is 6.92 Å². The second-order valence-electron chi connectivity index (χ2n) is 9.36. The van der Waals surface area contributed by atoms with Crippen LogP contribution in [0.1, 0.15) is 29.5 Å². The monoisotopic (exact) mass is 487 g/mol. The molecule has 2 heterocycles. The van der Waals surface area contributed by atoms with Crippen molar-refractivity contribution in [1.29, 1.82) is 0 Å². The summed E-state index contributed by atoms with van der Waals surface area (Å²) in [5.74, 6) is 2.38. The summed E-state index contributed by atoms with van der Waals surface area (Å²) in [6, 6.07) is 20.4. The van der Waals surface area contributed by atoms with Crippen LogP contribution in [0.3, 0.4) is 0 Å². The van der Waals surface area contributed by atoms with Gasteiger partial charge in [0, 0.05) is 24.9 Å². The highest BCUT2D eigenvalue weighted by Crippen LogP contribution is 2.40. The van der Waals surface area contributed by atoms with Crippen LogP contribution in [-0.4, -0.2) is 50.4 Å². The van der Waals surface area contributed by atoms with Crippen molar-refractivity contribution >= 4 is 5.91 Å². The predicted molar refractivity (Wildman–Crippen MR) is 139 cm³/mol. The largest absolute Gasteiger partial charge is 0.496 e. The van der Waals surface area contributed by atoms with Crippen molar-refractivity contribution in [3.63, 3.8) is 0 Å². The fraction of sp³-hybridized carbons (Fsp3) is 0.367. The van der Waals surface area contributed by atoms with Gasteiger partial charge in [0.25, 0.3) is 0 Å². The molecule has 2 aliphatic rings. The lowest BCUT2D eigenvalue weighted by molar-refractivity contribution is -0.131. The van der Waals surface area contributed by atoms with E-state index in [9.17, 15) is 4.79 Å². The van der Waals surface area contributed by atoms with Crippen molar-refractivity contribution in [3.8, 4) is 28.4 Å². The van der Waals surface area contributed by atoms with Gasteiger partial charge in [-0.3, -0.25) is 4.79 Å². The maximum atomic E-state index is 13.3. The van der Waals surface area contributed by atoms with Gasteiger partial charge in [-0.25, -0.2) is 0 Å². The first-order valence-electron chi connectivity index (χ1n) is 12.6. The number of benzene rings is 3. The first-order valence-corrected chi connectivity index (χ1v) is 12.6. The SMILES string of the molecule is COc1ccccc1CCC(=O)N1CCOc2c(cc(-c3ccccc3C)cc2OC2CCOC2)C1. The Kier molecular flexibility index (Phi) is 7.42. The number of ether oxygens (including phenoxy) is 4. The maximum absolute atomic E-state index is 13.3. The molecule has 0 radical (unpaired) electrons. The fourth-order valence-corrected chi connectivity index (χ4v) is 4.93. The summed E-state index contributed by atoms with van der Waals surface area (Å²) in [5, 5.41) is 0. The molecule has 0 bridgehead atoms.